The lowest BCUT2D eigenvalue weighted by atomic mass is 10.1. The minimum atomic E-state index is -1.38. The van der Waals surface area contributed by atoms with Crippen LogP contribution in [0.1, 0.15) is 54.5 Å². The van der Waals surface area contributed by atoms with Crippen molar-refractivity contribution in [1.82, 2.24) is 15.1 Å². The van der Waals surface area contributed by atoms with E-state index in [1.54, 1.807) is 43.4 Å². The summed E-state index contributed by atoms with van der Waals surface area (Å²) in [5.74, 6) is -2.54. The number of ether oxygens (including phenoxy) is 1. The van der Waals surface area contributed by atoms with Gasteiger partial charge in [0.05, 0.1) is 12.6 Å². The van der Waals surface area contributed by atoms with Crippen LogP contribution < -0.4 is 5.32 Å². The number of halogens is 1. The molecule has 1 fully saturated rings. The fourth-order valence-corrected chi connectivity index (χ4v) is 3.17. The van der Waals surface area contributed by atoms with Crippen LogP contribution in [0.15, 0.2) is 0 Å². The predicted molar refractivity (Wildman–Crippen MR) is 94.7 cm³/mol. The number of rotatable bonds is 6. The lowest BCUT2D eigenvalue weighted by molar-refractivity contribution is 0.0490. The number of carboxylic acid groups (broad SMARTS) is 2. The quantitative estimate of drug-likeness (QED) is 0.549. The van der Waals surface area contributed by atoms with Crippen molar-refractivity contribution < 1.29 is 29.3 Å². The van der Waals surface area contributed by atoms with E-state index in [0.717, 1.165) is 17.5 Å². The minimum Gasteiger partial charge on any atom is -0.478 e. The highest BCUT2D eigenvalue weighted by Crippen LogP contribution is 2.34. The smallest absolute Gasteiger partial charge is 0.407 e. The second kappa shape index (κ2) is 7.18. The lowest BCUT2D eigenvalue weighted by Gasteiger charge is -2.24. The zero-order chi connectivity index (χ0) is 18.9. The van der Waals surface area contributed by atoms with Crippen LogP contribution in [0.4, 0.5) is 4.79 Å². The molecular formula is C15H20IN3O6. The van der Waals surface area contributed by atoms with Crippen molar-refractivity contribution in [3.05, 3.63) is 15.0 Å². The first-order chi connectivity index (χ1) is 11.5. The Hall–Kier alpha value is -1.85. The number of aromatic nitrogens is 2. The third-order valence-electron chi connectivity index (χ3n) is 3.59. The molecule has 0 saturated heterocycles. The van der Waals surface area contributed by atoms with E-state index in [1.165, 1.54) is 0 Å². The van der Waals surface area contributed by atoms with Crippen molar-refractivity contribution >= 4 is 40.6 Å². The van der Waals surface area contributed by atoms with E-state index in [1.807, 2.05) is 0 Å². The Balaban J connectivity index is 2.23. The zero-order valence-corrected chi connectivity index (χ0v) is 16.2. The molecule has 10 heteroatoms. The molecule has 3 N–H and O–H groups in total. The molecule has 1 aromatic rings. The van der Waals surface area contributed by atoms with Gasteiger partial charge < -0.3 is 20.3 Å². The topological polar surface area (TPSA) is 131 Å². The average Bonchev–Trinajstić information content (AvgIpc) is 3.19. The molecule has 0 radical (unpaired) electrons. The average molecular weight is 465 g/mol. The SMILES string of the molecule is CC(C)(C)OC(=O)NC(Cn1nc(I)c(C(=O)O)c1C(=O)O)C1CC1. The predicted octanol–water partition coefficient (Wildman–Crippen LogP) is 2.19. The molecule has 1 saturated carbocycles. The Bertz CT molecular complexity index is 705. The Kier molecular flexibility index (Phi) is 5.59. The zero-order valence-electron chi connectivity index (χ0n) is 14.1. The van der Waals surface area contributed by atoms with Crippen molar-refractivity contribution in [3.63, 3.8) is 0 Å². The van der Waals surface area contributed by atoms with Gasteiger partial charge in [-0.25, -0.2) is 14.4 Å². The highest BCUT2D eigenvalue weighted by Gasteiger charge is 2.36. The summed E-state index contributed by atoms with van der Waals surface area (Å²) in [4.78, 5) is 34.8. The van der Waals surface area contributed by atoms with E-state index in [0.29, 0.717) is 0 Å². The van der Waals surface area contributed by atoms with Gasteiger partial charge in [0, 0.05) is 0 Å². The molecule has 1 heterocycles. The molecule has 1 amide bonds. The van der Waals surface area contributed by atoms with E-state index >= 15 is 0 Å². The maximum atomic E-state index is 12.0. The number of alkyl carbamates (subject to hydrolysis) is 1. The van der Waals surface area contributed by atoms with E-state index in [9.17, 15) is 24.6 Å². The van der Waals surface area contributed by atoms with Gasteiger partial charge in [0.1, 0.15) is 14.9 Å². The molecule has 1 aromatic heterocycles. The maximum Gasteiger partial charge on any atom is 0.407 e. The highest BCUT2D eigenvalue weighted by atomic mass is 127. The third kappa shape index (κ3) is 5.06. The molecule has 1 aliphatic rings. The van der Waals surface area contributed by atoms with Gasteiger partial charge in [0.15, 0.2) is 5.69 Å². The van der Waals surface area contributed by atoms with Gasteiger partial charge in [0.2, 0.25) is 0 Å². The van der Waals surface area contributed by atoms with Crippen molar-refractivity contribution in [2.75, 3.05) is 0 Å². The van der Waals surface area contributed by atoms with Crippen LogP contribution in [-0.2, 0) is 11.3 Å². The number of hydrogen-bond donors (Lipinski definition) is 3. The molecule has 138 valence electrons. The minimum absolute atomic E-state index is 0.0643. The molecule has 0 aromatic carbocycles. The van der Waals surface area contributed by atoms with Crippen LogP contribution in [-0.4, -0.2) is 49.7 Å². The van der Waals surface area contributed by atoms with Gasteiger partial charge in [-0.3, -0.25) is 4.68 Å². The summed E-state index contributed by atoms with van der Waals surface area (Å²) >= 11 is 1.69. The summed E-state index contributed by atoms with van der Waals surface area (Å²) in [6.07, 6.45) is 1.20. The van der Waals surface area contributed by atoms with Crippen molar-refractivity contribution in [2.24, 2.45) is 5.92 Å². The standard InChI is InChI=1S/C15H20IN3O6/c1-15(2,3)25-14(24)17-8(7-4-5-7)6-19-10(13(22)23)9(12(20)21)11(16)18-19/h7-8H,4-6H2,1-3H3,(H,17,24)(H,20,21)(H,22,23). The molecule has 1 aliphatic carbocycles. The first kappa shape index (κ1) is 19.5. The van der Waals surface area contributed by atoms with Crippen LogP contribution in [0.5, 0.6) is 0 Å². The van der Waals surface area contributed by atoms with Crippen LogP contribution in [0, 0.1) is 9.62 Å². The van der Waals surface area contributed by atoms with E-state index in [4.69, 9.17) is 4.74 Å². The van der Waals surface area contributed by atoms with Crippen LogP contribution in [0.2, 0.25) is 0 Å². The summed E-state index contributed by atoms with van der Waals surface area (Å²) in [6, 6.07) is -0.384. The molecule has 1 atom stereocenters. The van der Waals surface area contributed by atoms with Gasteiger partial charge in [-0.15, -0.1) is 0 Å². The van der Waals surface area contributed by atoms with Gasteiger partial charge in [0.25, 0.3) is 0 Å². The highest BCUT2D eigenvalue weighted by molar-refractivity contribution is 14.1. The van der Waals surface area contributed by atoms with Crippen LogP contribution >= 0.6 is 22.6 Å². The number of carboxylic acids is 2. The van der Waals surface area contributed by atoms with Gasteiger partial charge in [-0.2, -0.15) is 5.10 Å². The molecule has 0 bridgehead atoms. The second-order valence-electron chi connectivity index (χ2n) is 6.90. The number of nitrogens with zero attached hydrogens (tertiary/aromatic N) is 2. The van der Waals surface area contributed by atoms with Gasteiger partial charge >= 0.3 is 18.0 Å². The molecule has 25 heavy (non-hydrogen) atoms. The number of amides is 1. The molecule has 1 unspecified atom stereocenters. The Morgan fingerprint density at radius 2 is 1.92 bits per heavy atom. The molecule has 9 nitrogen and oxygen atoms in total. The largest absolute Gasteiger partial charge is 0.478 e. The van der Waals surface area contributed by atoms with E-state index in [-0.39, 0.29) is 27.8 Å². The first-order valence-corrected chi connectivity index (χ1v) is 8.80. The summed E-state index contributed by atoms with van der Waals surface area (Å²) in [6.45, 7) is 5.30. The van der Waals surface area contributed by atoms with Gasteiger partial charge in [-0.05, 0) is 62.1 Å². The number of aromatic carboxylic acids is 2. The maximum absolute atomic E-state index is 12.0. The van der Waals surface area contributed by atoms with Crippen molar-refractivity contribution in [2.45, 2.75) is 51.8 Å². The van der Waals surface area contributed by atoms with Crippen LogP contribution in [0.25, 0.3) is 0 Å². The molecule has 0 aliphatic heterocycles. The summed E-state index contributed by atoms with van der Waals surface area (Å²) in [5, 5.41) is 25.4. The normalized spacial score (nSPS) is 15.5. The third-order valence-corrected chi connectivity index (χ3v) is 4.34. The van der Waals surface area contributed by atoms with E-state index < -0.39 is 29.3 Å². The Morgan fingerprint density at radius 3 is 2.36 bits per heavy atom. The van der Waals surface area contributed by atoms with E-state index in [2.05, 4.69) is 10.4 Å². The Labute approximate surface area is 157 Å². The van der Waals surface area contributed by atoms with Crippen LogP contribution in [0.3, 0.4) is 0 Å². The molecular weight excluding hydrogens is 445 g/mol. The molecule has 0 spiro atoms. The fourth-order valence-electron chi connectivity index (χ4n) is 2.43. The Morgan fingerprint density at radius 1 is 1.32 bits per heavy atom. The second-order valence-corrected chi connectivity index (χ2v) is 7.92. The number of hydrogen-bond acceptors (Lipinski definition) is 5. The number of carbonyl (C=O) groups excluding carboxylic acids is 1. The summed E-state index contributed by atoms with van der Waals surface area (Å²) in [7, 11) is 0. The molecule has 2 rings (SSSR count). The number of carbonyl (C=O) groups is 3. The fraction of sp³-hybridized carbons (Fsp3) is 0.600. The lowest BCUT2D eigenvalue weighted by Crippen LogP contribution is -2.43. The van der Waals surface area contributed by atoms with Crippen molar-refractivity contribution in [3.8, 4) is 0 Å². The summed E-state index contributed by atoms with van der Waals surface area (Å²) in [5.41, 5.74) is -1.39. The van der Waals surface area contributed by atoms with Gasteiger partial charge in [-0.1, -0.05) is 0 Å². The first-order valence-electron chi connectivity index (χ1n) is 7.72. The monoisotopic (exact) mass is 465 g/mol. The summed E-state index contributed by atoms with van der Waals surface area (Å²) < 4.78 is 6.46. The number of nitrogens with one attached hydrogen (secondary N) is 1. The van der Waals surface area contributed by atoms with Crippen molar-refractivity contribution in [1.29, 1.82) is 0 Å².